The zero-order chi connectivity index (χ0) is 17.9. The number of likely N-dealkylation sites (N-methyl/N-ethyl adjacent to an activating group) is 1. The molecule has 0 saturated carbocycles. The molecule has 0 fully saturated rings. The number of phenols is 2. The Bertz CT molecular complexity index is 881. The number of aromatic hydroxyl groups is 2. The number of halogens is 1. The van der Waals surface area contributed by atoms with Gasteiger partial charge in [0.05, 0.1) is 18.7 Å². The Kier molecular flexibility index (Phi) is 3.85. The predicted molar refractivity (Wildman–Crippen MR) is 98.8 cm³/mol. The molecule has 6 heteroatoms. The van der Waals surface area contributed by atoms with E-state index in [9.17, 15) is 10.2 Å². The molecule has 2 aromatic carbocycles. The Hall–Kier alpha value is -1.92. The van der Waals surface area contributed by atoms with Gasteiger partial charge >= 0.3 is 0 Å². The Labute approximate surface area is 154 Å². The van der Waals surface area contributed by atoms with Gasteiger partial charge in [-0.05, 0) is 70.2 Å². The Morgan fingerprint density at radius 3 is 2.64 bits per heavy atom. The van der Waals surface area contributed by atoms with E-state index in [2.05, 4.69) is 27.9 Å². The maximum Gasteiger partial charge on any atom is 0.173 e. The van der Waals surface area contributed by atoms with Crippen molar-refractivity contribution in [2.24, 2.45) is 0 Å². The summed E-state index contributed by atoms with van der Waals surface area (Å²) in [6.07, 6.45) is 1.65. The molecule has 1 atom stereocenters. The van der Waals surface area contributed by atoms with Crippen molar-refractivity contribution < 1.29 is 19.7 Å². The van der Waals surface area contributed by atoms with Crippen LogP contribution in [0.4, 0.5) is 0 Å². The van der Waals surface area contributed by atoms with Crippen LogP contribution in [0.5, 0.6) is 23.0 Å². The van der Waals surface area contributed by atoms with Gasteiger partial charge in [-0.2, -0.15) is 0 Å². The summed E-state index contributed by atoms with van der Waals surface area (Å²) in [7, 11) is 5.21. The number of ether oxygens (including phenoxy) is 2. The van der Waals surface area contributed by atoms with Crippen LogP contribution < -0.4 is 9.47 Å². The summed E-state index contributed by atoms with van der Waals surface area (Å²) in [5.41, 5.74) is 5.19. The number of phenolic OH excluding ortho intramolecular Hbond substituents is 2. The topological polar surface area (TPSA) is 62.2 Å². The fourth-order valence-electron chi connectivity index (χ4n) is 4.14. The molecule has 132 valence electrons. The first-order chi connectivity index (χ1) is 12.0. The number of methoxy groups -OCH3 is 2. The number of fused-ring (bicyclic) bond motifs is 2. The van der Waals surface area contributed by atoms with Crippen molar-refractivity contribution in [3.05, 3.63) is 33.3 Å². The molecule has 1 unspecified atom stereocenters. The SMILES string of the molecule is COc1cc2c(cc1O)CC1c3c(c(Br)c(O)c(OC)c3-2)CCN1C. The molecule has 5 nitrogen and oxygen atoms in total. The maximum absolute atomic E-state index is 10.7. The zero-order valence-corrected chi connectivity index (χ0v) is 16.0. The minimum atomic E-state index is 0.124. The molecule has 0 aromatic heterocycles. The number of rotatable bonds is 2. The Morgan fingerprint density at radius 1 is 1.20 bits per heavy atom. The Morgan fingerprint density at radius 2 is 1.96 bits per heavy atom. The van der Waals surface area contributed by atoms with E-state index in [0.29, 0.717) is 11.5 Å². The molecule has 0 spiro atoms. The number of benzene rings is 2. The molecule has 2 aromatic rings. The summed E-state index contributed by atoms with van der Waals surface area (Å²) in [6.45, 7) is 0.916. The molecule has 1 heterocycles. The average molecular weight is 406 g/mol. The van der Waals surface area contributed by atoms with Gasteiger partial charge in [0.2, 0.25) is 0 Å². The van der Waals surface area contributed by atoms with Crippen LogP contribution in [0, 0.1) is 0 Å². The first-order valence-electron chi connectivity index (χ1n) is 8.19. The molecular formula is C19H20BrNO4. The van der Waals surface area contributed by atoms with Gasteiger partial charge in [-0.3, -0.25) is 4.90 Å². The van der Waals surface area contributed by atoms with Gasteiger partial charge in [0.25, 0.3) is 0 Å². The van der Waals surface area contributed by atoms with Crippen molar-refractivity contribution in [2.75, 3.05) is 27.8 Å². The maximum atomic E-state index is 10.7. The molecule has 2 N–H and O–H groups in total. The summed E-state index contributed by atoms with van der Waals surface area (Å²) in [5.74, 6) is 1.13. The summed E-state index contributed by atoms with van der Waals surface area (Å²) < 4.78 is 11.6. The summed E-state index contributed by atoms with van der Waals surface area (Å²) >= 11 is 3.56. The van der Waals surface area contributed by atoms with Crippen molar-refractivity contribution in [1.29, 1.82) is 0 Å². The lowest BCUT2D eigenvalue weighted by atomic mass is 9.76. The predicted octanol–water partition coefficient (Wildman–Crippen LogP) is 3.63. The van der Waals surface area contributed by atoms with E-state index in [1.807, 2.05) is 6.07 Å². The van der Waals surface area contributed by atoms with E-state index in [0.717, 1.165) is 46.1 Å². The molecule has 4 rings (SSSR count). The van der Waals surface area contributed by atoms with E-state index in [-0.39, 0.29) is 17.5 Å². The van der Waals surface area contributed by atoms with Crippen LogP contribution in [-0.4, -0.2) is 42.9 Å². The van der Waals surface area contributed by atoms with Gasteiger partial charge in [-0.1, -0.05) is 0 Å². The Balaban J connectivity index is 2.11. The van der Waals surface area contributed by atoms with Crippen LogP contribution in [0.2, 0.25) is 0 Å². The number of hydrogen-bond acceptors (Lipinski definition) is 5. The fourth-order valence-corrected chi connectivity index (χ4v) is 4.73. The standard InChI is InChI=1S/C19H20BrNO4/c1-21-5-4-10-15-12(21)6-9-7-13(22)14(24-2)8-11(9)16(15)19(25-3)18(23)17(10)20/h7-8,12,22-23H,4-6H2,1-3H3. The normalized spacial score (nSPS) is 18.5. The van der Waals surface area contributed by atoms with Crippen molar-refractivity contribution >= 4 is 15.9 Å². The monoisotopic (exact) mass is 405 g/mol. The van der Waals surface area contributed by atoms with Crippen molar-refractivity contribution in [3.63, 3.8) is 0 Å². The third-order valence-corrected chi connectivity index (χ3v) is 6.23. The molecular weight excluding hydrogens is 386 g/mol. The lowest BCUT2D eigenvalue weighted by molar-refractivity contribution is 0.226. The van der Waals surface area contributed by atoms with Crippen molar-refractivity contribution in [2.45, 2.75) is 18.9 Å². The smallest absolute Gasteiger partial charge is 0.173 e. The highest BCUT2D eigenvalue weighted by Gasteiger charge is 2.38. The van der Waals surface area contributed by atoms with Gasteiger partial charge in [0, 0.05) is 18.2 Å². The van der Waals surface area contributed by atoms with E-state index >= 15 is 0 Å². The second kappa shape index (κ2) is 5.81. The van der Waals surface area contributed by atoms with Crippen LogP contribution in [0.25, 0.3) is 11.1 Å². The van der Waals surface area contributed by atoms with Gasteiger partial charge in [0.1, 0.15) is 0 Å². The van der Waals surface area contributed by atoms with Crippen molar-refractivity contribution in [1.82, 2.24) is 4.90 Å². The summed E-state index contributed by atoms with van der Waals surface area (Å²) in [4.78, 5) is 2.32. The lowest BCUT2D eigenvalue weighted by Crippen LogP contribution is -2.36. The summed E-state index contributed by atoms with van der Waals surface area (Å²) in [5, 5.41) is 20.9. The van der Waals surface area contributed by atoms with E-state index in [1.165, 1.54) is 12.7 Å². The largest absolute Gasteiger partial charge is 0.504 e. The lowest BCUT2D eigenvalue weighted by Gasteiger charge is -2.41. The zero-order valence-electron chi connectivity index (χ0n) is 14.4. The molecule has 0 radical (unpaired) electrons. The van der Waals surface area contributed by atoms with Crippen LogP contribution in [-0.2, 0) is 12.8 Å². The highest BCUT2D eigenvalue weighted by atomic mass is 79.9. The summed E-state index contributed by atoms with van der Waals surface area (Å²) in [6, 6.07) is 3.78. The van der Waals surface area contributed by atoms with Crippen LogP contribution in [0.1, 0.15) is 22.7 Å². The van der Waals surface area contributed by atoms with Gasteiger partial charge in [-0.25, -0.2) is 0 Å². The van der Waals surface area contributed by atoms with Crippen LogP contribution >= 0.6 is 15.9 Å². The van der Waals surface area contributed by atoms with Crippen molar-refractivity contribution in [3.8, 4) is 34.1 Å². The number of hydrogen-bond donors (Lipinski definition) is 2. The molecule has 0 bridgehead atoms. The van der Waals surface area contributed by atoms with E-state index in [4.69, 9.17) is 9.47 Å². The third kappa shape index (κ3) is 2.24. The second-order valence-corrected chi connectivity index (χ2v) is 7.39. The molecule has 0 saturated heterocycles. The minimum Gasteiger partial charge on any atom is -0.504 e. The highest BCUT2D eigenvalue weighted by Crippen LogP contribution is 2.56. The van der Waals surface area contributed by atoms with Crippen LogP contribution in [0.15, 0.2) is 16.6 Å². The minimum absolute atomic E-state index is 0.124. The molecule has 25 heavy (non-hydrogen) atoms. The molecule has 0 amide bonds. The average Bonchev–Trinajstić information content (AvgIpc) is 2.60. The molecule has 1 aliphatic heterocycles. The molecule has 1 aliphatic carbocycles. The van der Waals surface area contributed by atoms with Gasteiger partial charge < -0.3 is 19.7 Å². The quantitative estimate of drug-likeness (QED) is 0.798. The fraction of sp³-hybridized carbons (Fsp3) is 0.368. The number of nitrogens with zero attached hydrogens (tertiary/aromatic N) is 1. The second-order valence-electron chi connectivity index (χ2n) is 6.59. The first kappa shape index (κ1) is 16.5. The highest BCUT2D eigenvalue weighted by molar-refractivity contribution is 9.10. The van der Waals surface area contributed by atoms with Crippen LogP contribution in [0.3, 0.4) is 0 Å². The first-order valence-corrected chi connectivity index (χ1v) is 8.98. The third-order valence-electron chi connectivity index (χ3n) is 5.38. The van der Waals surface area contributed by atoms with E-state index in [1.54, 1.807) is 13.2 Å². The van der Waals surface area contributed by atoms with Gasteiger partial charge in [-0.15, -0.1) is 0 Å². The van der Waals surface area contributed by atoms with E-state index < -0.39 is 0 Å². The molecule has 2 aliphatic rings. The van der Waals surface area contributed by atoms with Gasteiger partial charge in [0.15, 0.2) is 23.0 Å².